The molecule has 3 aromatic rings. The van der Waals surface area contributed by atoms with Gasteiger partial charge in [-0.2, -0.15) is 4.68 Å². The molecule has 1 aromatic heterocycles. The molecular formula is C20H19N5O3. The van der Waals surface area contributed by atoms with E-state index in [2.05, 4.69) is 21.6 Å². The lowest BCUT2D eigenvalue weighted by Gasteiger charge is -2.30. The van der Waals surface area contributed by atoms with Crippen molar-refractivity contribution >= 4 is 11.9 Å². The number of benzene rings is 2. The lowest BCUT2D eigenvalue weighted by Crippen LogP contribution is -2.42. The topological polar surface area (TPSA) is 90.2 Å². The first-order chi connectivity index (χ1) is 13.6. The minimum absolute atomic E-state index is 0.206. The van der Waals surface area contributed by atoms with Gasteiger partial charge in [0.05, 0.1) is 11.3 Å². The van der Waals surface area contributed by atoms with E-state index in [9.17, 15) is 9.59 Å². The number of rotatable bonds is 4. The Morgan fingerprint density at radius 3 is 2.61 bits per heavy atom. The third-order valence-electron chi connectivity index (χ3n) is 4.79. The highest BCUT2D eigenvalue weighted by Crippen LogP contribution is 2.20. The molecule has 2 aromatic carbocycles. The first-order valence-electron chi connectivity index (χ1n) is 9.02. The van der Waals surface area contributed by atoms with E-state index < -0.39 is 12.1 Å². The molecule has 0 N–H and O–H groups in total. The molecule has 0 spiro atoms. The third-order valence-corrected chi connectivity index (χ3v) is 4.79. The summed E-state index contributed by atoms with van der Waals surface area (Å²) in [5, 5.41) is 11.0. The number of nitrogens with zero attached hydrogens (tertiary/aromatic N) is 5. The summed E-state index contributed by atoms with van der Waals surface area (Å²) in [4.78, 5) is 27.2. The molecule has 1 amide bonds. The Morgan fingerprint density at radius 1 is 1.07 bits per heavy atom. The molecule has 1 aliphatic heterocycles. The third kappa shape index (κ3) is 3.48. The Morgan fingerprint density at radius 2 is 1.82 bits per heavy atom. The summed E-state index contributed by atoms with van der Waals surface area (Å²) in [7, 11) is 0. The average molecular weight is 377 g/mol. The zero-order chi connectivity index (χ0) is 19.5. The van der Waals surface area contributed by atoms with Gasteiger partial charge >= 0.3 is 5.97 Å². The molecule has 8 heteroatoms. The van der Waals surface area contributed by atoms with E-state index in [-0.39, 0.29) is 5.91 Å². The van der Waals surface area contributed by atoms with Crippen LogP contribution in [0.3, 0.4) is 0 Å². The van der Waals surface area contributed by atoms with Gasteiger partial charge in [-0.3, -0.25) is 4.79 Å². The molecule has 8 nitrogen and oxygen atoms in total. The molecule has 142 valence electrons. The van der Waals surface area contributed by atoms with Crippen LogP contribution < -0.4 is 0 Å². The zero-order valence-corrected chi connectivity index (χ0v) is 15.4. The standard InChI is InChI=1S/C20H19N5O3/c1-14(19(26)24-11-10-15-6-2-3-7-16(15)12-24)28-20(27)17-8-4-5-9-18(17)25-13-21-22-23-25/h2-9,13-14H,10-12H2,1H3/t14-/m0/s1. The fraction of sp³-hybridized carbons (Fsp3) is 0.250. The van der Waals surface area contributed by atoms with Crippen LogP contribution in [-0.2, 0) is 22.5 Å². The van der Waals surface area contributed by atoms with Gasteiger partial charge in [-0.15, -0.1) is 5.10 Å². The van der Waals surface area contributed by atoms with Gasteiger partial charge in [0.2, 0.25) is 0 Å². The van der Waals surface area contributed by atoms with Crippen molar-refractivity contribution in [3.05, 3.63) is 71.5 Å². The first kappa shape index (κ1) is 17.8. The van der Waals surface area contributed by atoms with Gasteiger partial charge in [-0.05, 0) is 47.0 Å². The fourth-order valence-electron chi connectivity index (χ4n) is 3.33. The number of fused-ring (bicyclic) bond motifs is 1. The van der Waals surface area contributed by atoms with E-state index in [1.807, 2.05) is 18.2 Å². The maximum absolute atomic E-state index is 12.8. The number of para-hydroxylation sites is 1. The van der Waals surface area contributed by atoms with Crippen LogP contribution in [0.15, 0.2) is 54.9 Å². The van der Waals surface area contributed by atoms with E-state index >= 15 is 0 Å². The number of hydrogen-bond acceptors (Lipinski definition) is 6. The normalized spacial score (nSPS) is 14.2. The van der Waals surface area contributed by atoms with Crippen molar-refractivity contribution in [3.8, 4) is 5.69 Å². The Bertz CT molecular complexity index is 1000. The quantitative estimate of drug-likeness (QED) is 0.644. The largest absolute Gasteiger partial charge is 0.449 e. The second-order valence-corrected chi connectivity index (χ2v) is 6.60. The number of esters is 1. The molecule has 0 radical (unpaired) electrons. The second kappa shape index (κ2) is 7.59. The van der Waals surface area contributed by atoms with Gasteiger partial charge in [-0.1, -0.05) is 36.4 Å². The summed E-state index contributed by atoms with van der Waals surface area (Å²) < 4.78 is 6.85. The van der Waals surface area contributed by atoms with Gasteiger partial charge in [0.15, 0.2) is 6.10 Å². The van der Waals surface area contributed by atoms with E-state index in [4.69, 9.17) is 4.74 Å². The van der Waals surface area contributed by atoms with E-state index in [0.29, 0.717) is 24.3 Å². The van der Waals surface area contributed by atoms with Gasteiger partial charge in [0.25, 0.3) is 5.91 Å². The summed E-state index contributed by atoms with van der Waals surface area (Å²) in [6.45, 7) is 2.73. The van der Waals surface area contributed by atoms with Crippen LogP contribution in [-0.4, -0.2) is 49.6 Å². The predicted molar refractivity (Wildman–Crippen MR) is 99.6 cm³/mol. The van der Waals surface area contributed by atoms with Crippen molar-refractivity contribution in [2.45, 2.75) is 26.0 Å². The number of tetrazole rings is 1. The molecular weight excluding hydrogens is 358 g/mol. The molecule has 4 rings (SSSR count). The van der Waals surface area contributed by atoms with Crippen LogP contribution in [0.25, 0.3) is 5.69 Å². The maximum Gasteiger partial charge on any atom is 0.341 e. The average Bonchev–Trinajstić information content (AvgIpc) is 3.27. The molecule has 1 atom stereocenters. The van der Waals surface area contributed by atoms with Crippen molar-refractivity contribution in [1.82, 2.24) is 25.1 Å². The minimum atomic E-state index is -0.889. The molecule has 0 saturated heterocycles. The molecule has 2 heterocycles. The number of aromatic nitrogens is 4. The van der Waals surface area contributed by atoms with E-state index in [0.717, 1.165) is 12.0 Å². The molecule has 1 aliphatic rings. The number of hydrogen-bond donors (Lipinski definition) is 0. The number of ether oxygens (including phenoxy) is 1. The van der Waals surface area contributed by atoms with Crippen molar-refractivity contribution < 1.29 is 14.3 Å². The predicted octanol–water partition coefficient (Wildman–Crippen LogP) is 1.79. The van der Waals surface area contributed by atoms with Crippen molar-refractivity contribution in [1.29, 1.82) is 0 Å². The van der Waals surface area contributed by atoms with Crippen molar-refractivity contribution in [2.24, 2.45) is 0 Å². The van der Waals surface area contributed by atoms with Crippen LogP contribution in [0.1, 0.15) is 28.4 Å². The van der Waals surface area contributed by atoms with Crippen molar-refractivity contribution in [3.63, 3.8) is 0 Å². The number of amides is 1. The van der Waals surface area contributed by atoms with Crippen LogP contribution in [0.2, 0.25) is 0 Å². The van der Waals surface area contributed by atoms with E-state index in [1.54, 1.807) is 36.1 Å². The van der Waals surface area contributed by atoms with Crippen LogP contribution in [0.5, 0.6) is 0 Å². The molecule has 0 saturated carbocycles. The Balaban J connectivity index is 1.46. The number of carbonyl (C=O) groups excluding carboxylic acids is 2. The Labute approximate surface area is 161 Å². The Hall–Kier alpha value is -3.55. The maximum atomic E-state index is 12.8. The smallest absolute Gasteiger partial charge is 0.341 e. The highest BCUT2D eigenvalue weighted by molar-refractivity contribution is 5.95. The van der Waals surface area contributed by atoms with Crippen LogP contribution in [0.4, 0.5) is 0 Å². The Kier molecular flexibility index (Phi) is 4.84. The minimum Gasteiger partial charge on any atom is -0.449 e. The fourth-order valence-corrected chi connectivity index (χ4v) is 3.33. The molecule has 28 heavy (non-hydrogen) atoms. The van der Waals surface area contributed by atoms with Gasteiger partial charge in [0.1, 0.15) is 6.33 Å². The summed E-state index contributed by atoms with van der Waals surface area (Å²) >= 11 is 0. The highest BCUT2D eigenvalue weighted by atomic mass is 16.5. The summed E-state index contributed by atoms with van der Waals surface area (Å²) in [6, 6.07) is 14.9. The highest BCUT2D eigenvalue weighted by Gasteiger charge is 2.28. The van der Waals surface area contributed by atoms with Gasteiger partial charge < -0.3 is 9.64 Å². The lowest BCUT2D eigenvalue weighted by atomic mass is 9.99. The van der Waals surface area contributed by atoms with Crippen LogP contribution in [0, 0.1) is 0 Å². The van der Waals surface area contributed by atoms with Crippen molar-refractivity contribution in [2.75, 3.05) is 6.54 Å². The lowest BCUT2D eigenvalue weighted by molar-refractivity contribution is -0.140. The summed E-state index contributed by atoms with van der Waals surface area (Å²) in [5.41, 5.74) is 3.17. The first-order valence-corrected chi connectivity index (χ1v) is 9.02. The van der Waals surface area contributed by atoms with Crippen LogP contribution >= 0.6 is 0 Å². The molecule has 0 fully saturated rings. The summed E-state index contributed by atoms with van der Waals surface area (Å²) in [5.74, 6) is -0.799. The van der Waals surface area contributed by atoms with Gasteiger partial charge in [-0.25, -0.2) is 4.79 Å². The zero-order valence-electron chi connectivity index (χ0n) is 15.4. The molecule has 0 bridgehead atoms. The monoisotopic (exact) mass is 377 g/mol. The second-order valence-electron chi connectivity index (χ2n) is 6.60. The summed E-state index contributed by atoms with van der Waals surface area (Å²) in [6.07, 6.45) is 1.30. The molecule has 0 aliphatic carbocycles. The number of carbonyl (C=O) groups is 2. The van der Waals surface area contributed by atoms with Gasteiger partial charge in [0, 0.05) is 13.1 Å². The SMILES string of the molecule is C[C@H](OC(=O)c1ccccc1-n1cnnn1)C(=O)N1CCc2ccccc2C1. The molecule has 0 unspecified atom stereocenters. The van der Waals surface area contributed by atoms with E-state index in [1.165, 1.54) is 16.6 Å².